The minimum atomic E-state index is -1.40. The standard InChI is InChI=1S/C9H17NO4S/c1-6(2)15-5-8(12)10-4-3-7(11)9(13)14/h6-7,11H,3-5H2,1-2H3,(H,10,12)(H,13,14). The highest BCUT2D eigenvalue weighted by atomic mass is 32.2. The van der Waals surface area contributed by atoms with Crippen molar-refractivity contribution in [1.82, 2.24) is 5.32 Å². The number of hydrogen-bond donors (Lipinski definition) is 3. The molecular formula is C9H17NO4S. The molecule has 6 heteroatoms. The number of carbonyl (C=O) groups excluding carboxylic acids is 1. The molecule has 0 aromatic rings. The first-order valence-electron chi connectivity index (χ1n) is 4.72. The van der Waals surface area contributed by atoms with Gasteiger partial charge in [0.15, 0.2) is 6.10 Å². The first-order chi connectivity index (χ1) is 6.93. The van der Waals surface area contributed by atoms with Crippen molar-refractivity contribution in [2.45, 2.75) is 31.6 Å². The lowest BCUT2D eigenvalue weighted by molar-refractivity contribution is -0.147. The van der Waals surface area contributed by atoms with E-state index in [4.69, 9.17) is 10.2 Å². The zero-order valence-corrected chi connectivity index (χ0v) is 9.71. The van der Waals surface area contributed by atoms with Gasteiger partial charge in [-0.15, -0.1) is 11.8 Å². The average molecular weight is 235 g/mol. The molecule has 0 aromatic carbocycles. The fraction of sp³-hybridized carbons (Fsp3) is 0.778. The molecule has 15 heavy (non-hydrogen) atoms. The summed E-state index contributed by atoms with van der Waals surface area (Å²) in [5.41, 5.74) is 0. The van der Waals surface area contributed by atoms with Crippen molar-refractivity contribution < 1.29 is 19.8 Å². The normalized spacial score (nSPS) is 12.5. The minimum Gasteiger partial charge on any atom is -0.479 e. The Morgan fingerprint density at radius 1 is 1.40 bits per heavy atom. The summed E-state index contributed by atoms with van der Waals surface area (Å²) >= 11 is 1.51. The van der Waals surface area contributed by atoms with Gasteiger partial charge in [-0.25, -0.2) is 4.79 Å². The van der Waals surface area contributed by atoms with Crippen LogP contribution in [0.15, 0.2) is 0 Å². The second-order valence-electron chi connectivity index (χ2n) is 3.35. The van der Waals surface area contributed by atoms with Gasteiger partial charge in [0, 0.05) is 13.0 Å². The molecule has 3 N–H and O–H groups in total. The molecule has 0 radical (unpaired) electrons. The van der Waals surface area contributed by atoms with Gasteiger partial charge in [0.2, 0.25) is 5.91 Å². The van der Waals surface area contributed by atoms with Gasteiger partial charge >= 0.3 is 5.97 Å². The first kappa shape index (κ1) is 14.2. The van der Waals surface area contributed by atoms with E-state index in [0.717, 1.165) is 0 Å². The molecule has 0 heterocycles. The van der Waals surface area contributed by atoms with Crippen molar-refractivity contribution >= 4 is 23.6 Å². The van der Waals surface area contributed by atoms with E-state index in [1.165, 1.54) is 11.8 Å². The molecule has 0 bridgehead atoms. The van der Waals surface area contributed by atoms with Gasteiger partial charge in [-0.2, -0.15) is 0 Å². The van der Waals surface area contributed by atoms with Crippen LogP contribution in [0.25, 0.3) is 0 Å². The van der Waals surface area contributed by atoms with Crippen molar-refractivity contribution in [2.24, 2.45) is 0 Å². The third-order valence-corrected chi connectivity index (χ3v) is 2.67. The zero-order valence-electron chi connectivity index (χ0n) is 8.90. The number of nitrogens with one attached hydrogen (secondary N) is 1. The van der Waals surface area contributed by atoms with E-state index < -0.39 is 12.1 Å². The van der Waals surface area contributed by atoms with E-state index in [1.807, 2.05) is 13.8 Å². The third kappa shape index (κ3) is 8.26. The number of carboxylic acids is 1. The minimum absolute atomic E-state index is 0.0351. The molecular weight excluding hydrogens is 218 g/mol. The molecule has 0 saturated carbocycles. The summed E-state index contributed by atoms with van der Waals surface area (Å²) in [7, 11) is 0. The lowest BCUT2D eigenvalue weighted by Gasteiger charge is -2.08. The molecule has 1 unspecified atom stereocenters. The summed E-state index contributed by atoms with van der Waals surface area (Å²) in [6.45, 7) is 4.17. The summed E-state index contributed by atoms with van der Waals surface area (Å²) in [5, 5.41) is 20.2. The highest BCUT2D eigenvalue weighted by Gasteiger charge is 2.12. The lowest BCUT2D eigenvalue weighted by atomic mass is 10.2. The molecule has 0 aromatic heterocycles. The first-order valence-corrected chi connectivity index (χ1v) is 5.77. The van der Waals surface area contributed by atoms with E-state index in [2.05, 4.69) is 5.32 Å². The van der Waals surface area contributed by atoms with E-state index in [1.54, 1.807) is 0 Å². The van der Waals surface area contributed by atoms with Gasteiger partial charge in [-0.05, 0) is 5.25 Å². The molecule has 1 amide bonds. The van der Waals surface area contributed by atoms with Gasteiger partial charge in [0.1, 0.15) is 0 Å². The molecule has 5 nitrogen and oxygen atoms in total. The predicted molar refractivity (Wildman–Crippen MR) is 58.9 cm³/mol. The van der Waals surface area contributed by atoms with E-state index in [-0.39, 0.29) is 18.9 Å². The van der Waals surface area contributed by atoms with E-state index in [9.17, 15) is 9.59 Å². The highest BCUT2D eigenvalue weighted by Crippen LogP contribution is 2.07. The maximum atomic E-state index is 11.1. The Hall–Kier alpha value is -0.750. The Labute approximate surface area is 93.2 Å². The molecule has 0 saturated heterocycles. The number of aliphatic hydroxyl groups is 1. The quantitative estimate of drug-likeness (QED) is 0.582. The number of aliphatic carboxylic acids is 1. The van der Waals surface area contributed by atoms with Crippen LogP contribution in [0.2, 0.25) is 0 Å². The molecule has 0 aliphatic rings. The molecule has 88 valence electrons. The molecule has 0 aliphatic carbocycles. The van der Waals surface area contributed by atoms with Crippen molar-refractivity contribution in [3.8, 4) is 0 Å². The molecule has 0 rings (SSSR count). The van der Waals surface area contributed by atoms with Crippen LogP contribution in [-0.4, -0.2) is 45.7 Å². The third-order valence-electron chi connectivity index (χ3n) is 1.57. The molecule has 1 atom stereocenters. The fourth-order valence-electron chi connectivity index (χ4n) is 0.765. The van der Waals surface area contributed by atoms with Gasteiger partial charge in [0.25, 0.3) is 0 Å². The zero-order chi connectivity index (χ0) is 11.8. The Kier molecular flexibility index (Phi) is 7.15. The van der Waals surface area contributed by atoms with Gasteiger partial charge < -0.3 is 15.5 Å². The Morgan fingerprint density at radius 2 is 2.00 bits per heavy atom. The van der Waals surface area contributed by atoms with Crippen LogP contribution >= 0.6 is 11.8 Å². The van der Waals surface area contributed by atoms with Crippen LogP contribution in [0.4, 0.5) is 0 Å². The second kappa shape index (κ2) is 7.53. The topological polar surface area (TPSA) is 86.6 Å². The monoisotopic (exact) mass is 235 g/mol. The summed E-state index contributed by atoms with van der Waals surface area (Å²) in [6.07, 6.45) is -1.36. The van der Waals surface area contributed by atoms with Crippen molar-refractivity contribution in [2.75, 3.05) is 12.3 Å². The smallest absolute Gasteiger partial charge is 0.332 e. The number of aliphatic hydroxyl groups excluding tert-OH is 1. The molecule has 0 fully saturated rings. The van der Waals surface area contributed by atoms with Crippen LogP contribution in [0, 0.1) is 0 Å². The lowest BCUT2D eigenvalue weighted by Crippen LogP contribution is -2.31. The summed E-state index contributed by atoms with van der Waals surface area (Å²) < 4.78 is 0. The van der Waals surface area contributed by atoms with Crippen LogP contribution in [0.5, 0.6) is 0 Å². The number of carboxylic acid groups (broad SMARTS) is 1. The van der Waals surface area contributed by atoms with Crippen molar-refractivity contribution in [3.63, 3.8) is 0 Å². The van der Waals surface area contributed by atoms with E-state index in [0.29, 0.717) is 11.0 Å². The maximum Gasteiger partial charge on any atom is 0.332 e. The number of amides is 1. The van der Waals surface area contributed by atoms with Crippen LogP contribution in [0.1, 0.15) is 20.3 Å². The Balaban J connectivity index is 3.51. The van der Waals surface area contributed by atoms with Crippen LogP contribution in [-0.2, 0) is 9.59 Å². The largest absolute Gasteiger partial charge is 0.479 e. The Morgan fingerprint density at radius 3 is 2.47 bits per heavy atom. The van der Waals surface area contributed by atoms with Gasteiger partial charge in [0.05, 0.1) is 5.75 Å². The highest BCUT2D eigenvalue weighted by molar-refractivity contribution is 8.00. The summed E-state index contributed by atoms with van der Waals surface area (Å²) in [5.74, 6) is -1.03. The van der Waals surface area contributed by atoms with Crippen molar-refractivity contribution in [1.29, 1.82) is 0 Å². The summed E-state index contributed by atoms with van der Waals surface area (Å²) in [4.78, 5) is 21.4. The average Bonchev–Trinajstić information content (AvgIpc) is 2.14. The molecule has 0 spiro atoms. The number of hydrogen-bond acceptors (Lipinski definition) is 4. The predicted octanol–water partition coefficient (Wildman–Crippen LogP) is 0.0798. The van der Waals surface area contributed by atoms with E-state index >= 15 is 0 Å². The summed E-state index contributed by atoms with van der Waals surface area (Å²) in [6, 6.07) is 0. The number of rotatable bonds is 7. The van der Waals surface area contributed by atoms with Crippen LogP contribution in [0.3, 0.4) is 0 Å². The second-order valence-corrected chi connectivity index (χ2v) is 4.92. The Bertz CT molecular complexity index is 220. The maximum absolute atomic E-state index is 11.1. The number of thioether (sulfide) groups is 1. The van der Waals surface area contributed by atoms with Gasteiger partial charge in [-0.1, -0.05) is 13.8 Å². The van der Waals surface area contributed by atoms with Crippen molar-refractivity contribution in [3.05, 3.63) is 0 Å². The SMILES string of the molecule is CC(C)SCC(=O)NCCC(O)C(=O)O. The van der Waals surface area contributed by atoms with Gasteiger partial charge in [-0.3, -0.25) is 4.79 Å². The molecule has 0 aliphatic heterocycles. The fourth-order valence-corrected chi connectivity index (χ4v) is 1.35. The van der Waals surface area contributed by atoms with Crippen LogP contribution < -0.4 is 5.32 Å². The number of carbonyl (C=O) groups is 2.